The van der Waals surface area contributed by atoms with Crippen molar-refractivity contribution in [3.05, 3.63) is 29.3 Å². The third-order valence-electron chi connectivity index (χ3n) is 5.50. The Morgan fingerprint density at radius 1 is 1.00 bits per heavy atom. The molecule has 0 bridgehead atoms. The molecule has 1 saturated heterocycles. The van der Waals surface area contributed by atoms with Gasteiger partial charge in [0.25, 0.3) is 5.91 Å². The van der Waals surface area contributed by atoms with Crippen molar-refractivity contribution in [2.24, 2.45) is 0 Å². The summed E-state index contributed by atoms with van der Waals surface area (Å²) in [7, 11) is 0. The summed E-state index contributed by atoms with van der Waals surface area (Å²) in [6, 6.07) is 5.53. The number of hydrogen-bond donors (Lipinski definition) is 1. The number of carbonyl (C=O) groups excluding carboxylic acids is 3. The van der Waals surface area contributed by atoms with Crippen LogP contribution >= 0.6 is 0 Å². The smallest absolute Gasteiger partial charge is 0.255 e. The van der Waals surface area contributed by atoms with E-state index in [-0.39, 0.29) is 23.9 Å². The van der Waals surface area contributed by atoms with Crippen LogP contribution in [-0.2, 0) is 16.1 Å². The Bertz CT molecular complexity index is 725. The molecule has 1 N–H and O–H groups in total. The minimum atomic E-state index is -0.450. The van der Waals surface area contributed by atoms with Gasteiger partial charge in [-0.25, -0.2) is 0 Å². The van der Waals surface area contributed by atoms with Crippen LogP contribution in [0.25, 0.3) is 0 Å². The van der Waals surface area contributed by atoms with E-state index in [1.54, 1.807) is 4.90 Å². The fraction of sp³-hybridized carbons (Fsp3) is 0.526. The number of nitrogens with zero attached hydrogens (tertiary/aromatic N) is 2. The third kappa shape index (κ3) is 3.06. The highest BCUT2D eigenvalue weighted by Crippen LogP contribution is 2.31. The second-order valence-electron chi connectivity index (χ2n) is 7.07. The van der Waals surface area contributed by atoms with Crippen LogP contribution in [-0.4, -0.2) is 54.6 Å². The highest BCUT2D eigenvalue weighted by Gasteiger charge is 2.37. The molecule has 6 heteroatoms. The largest absolute Gasteiger partial charge is 0.369 e. The SMILES string of the molecule is O=C1CCC(=O)C(N2Cc3cc(N4CCNCC4)ccc3C2=O)CC1. The predicted octanol–water partition coefficient (Wildman–Crippen LogP) is 1.13. The highest BCUT2D eigenvalue weighted by atomic mass is 16.2. The average Bonchev–Trinajstić information content (AvgIpc) is 2.86. The van der Waals surface area contributed by atoms with Gasteiger partial charge in [-0.2, -0.15) is 0 Å². The standard InChI is InChI=1S/C19H23N3O3/c23-15-2-5-17(18(24)6-3-15)22-12-13-11-14(1-4-16(13)19(22)25)21-9-7-20-8-10-21/h1,4,11,17,20H,2-3,5-10,12H2. The maximum Gasteiger partial charge on any atom is 0.255 e. The number of benzene rings is 1. The minimum Gasteiger partial charge on any atom is -0.369 e. The van der Waals surface area contributed by atoms with Gasteiger partial charge in [-0.3, -0.25) is 14.4 Å². The Morgan fingerprint density at radius 3 is 2.60 bits per heavy atom. The molecule has 2 heterocycles. The summed E-state index contributed by atoms with van der Waals surface area (Å²) < 4.78 is 0. The molecule has 1 aromatic rings. The van der Waals surface area contributed by atoms with Gasteiger partial charge in [0.2, 0.25) is 0 Å². The van der Waals surface area contributed by atoms with Gasteiger partial charge < -0.3 is 15.1 Å². The van der Waals surface area contributed by atoms with E-state index in [1.165, 1.54) is 0 Å². The Balaban J connectivity index is 1.56. The fourth-order valence-corrected chi connectivity index (χ4v) is 4.04. The Kier molecular flexibility index (Phi) is 4.29. The summed E-state index contributed by atoms with van der Waals surface area (Å²) in [6.07, 6.45) is 1.43. The topological polar surface area (TPSA) is 69.7 Å². The van der Waals surface area contributed by atoms with Gasteiger partial charge in [-0.15, -0.1) is 0 Å². The molecule has 6 nitrogen and oxygen atoms in total. The number of ketones is 2. The fourth-order valence-electron chi connectivity index (χ4n) is 4.04. The summed E-state index contributed by atoms with van der Waals surface area (Å²) in [5.41, 5.74) is 2.82. The Hall–Kier alpha value is -2.21. The van der Waals surface area contributed by atoms with Gasteiger partial charge in [-0.1, -0.05) is 0 Å². The summed E-state index contributed by atoms with van der Waals surface area (Å²) in [5.74, 6) is 0.0740. The van der Waals surface area contributed by atoms with Gasteiger partial charge in [0.1, 0.15) is 5.78 Å². The first-order valence-electron chi connectivity index (χ1n) is 9.07. The van der Waals surface area contributed by atoms with Crippen LogP contribution in [0, 0.1) is 0 Å². The van der Waals surface area contributed by atoms with Crippen molar-refractivity contribution in [1.82, 2.24) is 10.2 Å². The molecular formula is C19H23N3O3. The van der Waals surface area contributed by atoms with E-state index in [4.69, 9.17) is 0 Å². The van der Waals surface area contributed by atoms with Crippen molar-refractivity contribution >= 4 is 23.2 Å². The highest BCUT2D eigenvalue weighted by molar-refractivity contribution is 6.02. The second-order valence-corrected chi connectivity index (χ2v) is 7.07. The number of piperazine rings is 1. The van der Waals surface area contributed by atoms with Crippen molar-refractivity contribution in [1.29, 1.82) is 0 Å². The number of fused-ring (bicyclic) bond motifs is 1. The summed E-state index contributed by atoms with van der Waals surface area (Å²) >= 11 is 0. The molecule has 4 rings (SSSR count). The third-order valence-corrected chi connectivity index (χ3v) is 5.50. The number of carbonyl (C=O) groups is 3. The van der Waals surface area contributed by atoms with E-state index in [0.29, 0.717) is 31.4 Å². The Morgan fingerprint density at radius 2 is 1.80 bits per heavy atom. The molecule has 2 fully saturated rings. The van der Waals surface area contributed by atoms with E-state index in [2.05, 4.69) is 16.3 Å². The molecule has 0 spiro atoms. The zero-order chi connectivity index (χ0) is 17.4. The molecule has 2 aliphatic heterocycles. The van der Waals surface area contributed by atoms with Gasteiger partial charge in [0, 0.05) is 63.2 Å². The van der Waals surface area contributed by atoms with Crippen LogP contribution in [0.5, 0.6) is 0 Å². The maximum atomic E-state index is 12.8. The van der Waals surface area contributed by atoms with Crippen molar-refractivity contribution in [2.75, 3.05) is 31.1 Å². The molecular weight excluding hydrogens is 318 g/mol. The van der Waals surface area contributed by atoms with Crippen molar-refractivity contribution in [3.63, 3.8) is 0 Å². The average molecular weight is 341 g/mol. The zero-order valence-corrected chi connectivity index (χ0v) is 14.3. The van der Waals surface area contributed by atoms with E-state index in [9.17, 15) is 14.4 Å². The molecule has 1 atom stereocenters. The lowest BCUT2D eigenvalue weighted by atomic mass is 10.1. The number of hydrogen-bond acceptors (Lipinski definition) is 5. The lowest BCUT2D eigenvalue weighted by Crippen LogP contribution is -2.43. The second kappa shape index (κ2) is 6.59. The number of amides is 1. The molecule has 1 unspecified atom stereocenters. The summed E-state index contributed by atoms with van der Waals surface area (Å²) in [5, 5.41) is 3.34. The first-order valence-corrected chi connectivity index (χ1v) is 9.07. The van der Waals surface area contributed by atoms with E-state index >= 15 is 0 Å². The quantitative estimate of drug-likeness (QED) is 0.817. The first-order chi connectivity index (χ1) is 12.1. The number of nitrogens with one attached hydrogen (secondary N) is 1. The van der Waals surface area contributed by atoms with Crippen LogP contribution in [0.2, 0.25) is 0 Å². The van der Waals surface area contributed by atoms with E-state index in [0.717, 1.165) is 37.4 Å². The van der Waals surface area contributed by atoms with E-state index in [1.807, 2.05) is 12.1 Å². The van der Waals surface area contributed by atoms with Crippen LogP contribution < -0.4 is 10.2 Å². The molecule has 0 aromatic heterocycles. The molecule has 3 aliphatic rings. The first kappa shape index (κ1) is 16.3. The van der Waals surface area contributed by atoms with Crippen LogP contribution in [0.4, 0.5) is 5.69 Å². The van der Waals surface area contributed by atoms with Crippen LogP contribution in [0.3, 0.4) is 0 Å². The molecule has 1 aromatic carbocycles. The minimum absolute atomic E-state index is 0.0225. The molecule has 132 valence electrons. The zero-order valence-electron chi connectivity index (χ0n) is 14.3. The molecule has 1 aliphatic carbocycles. The normalized spacial score (nSPS) is 24.5. The monoisotopic (exact) mass is 341 g/mol. The van der Waals surface area contributed by atoms with Crippen molar-refractivity contribution < 1.29 is 14.4 Å². The van der Waals surface area contributed by atoms with Gasteiger partial charge >= 0.3 is 0 Å². The van der Waals surface area contributed by atoms with Crippen LogP contribution in [0.15, 0.2) is 18.2 Å². The van der Waals surface area contributed by atoms with Crippen molar-refractivity contribution in [2.45, 2.75) is 38.3 Å². The van der Waals surface area contributed by atoms with Crippen LogP contribution in [0.1, 0.15) is 41.6 Å². The number of rotatable bonds is 2. The van der Waals surface area contributed by atoms with Gasteiger partial charge in [0.05, 0.1) is 6.04 Å². The summed E-state index contributed by atoms with van der Waals surface area (Å²) in [6.45, 7) is 4.32. The lowest BCUT2D eigenvalue weighted by molar-refractivity contribution is -0.124. The van der Waals surface area contributed by atoms with Crippen molar-refractivity contribution in [3.8, 4) is 0 Å². The molecule has 1 saturated carbocycles. The van der Waals surface area contributed by atoms with E-state index < -0.39 is 6.04 Å². The number of anilines is 1. The summed E-state index contributed by atoms with van der Waals surface area (Å²) in [4.78, 5) is 40.8. The Labute approximate surface area is 147 Å². The number of Topliss-reactive ketones (excluding diaryl/α,β-unsaturated/α-hetero) is 2. The molecule has 25 heavy (non-hydrogen) atoms. The molecule has 1 amide bonds. The maximum absolute atomic E-state index is 12.8. The van der Waals surface area contributed by atoms with Gasteiger partial charge in [0.15, 0.2) is 5.78 Å². The van der Waals surface area contributed by atoms with Gasteiger partial charge in [-0.05, 0) is 30.2 Å². The predicted molar refractivity (Wildman–Crippen MR) is 93.7 cm³/mol. The molecule has 0 radical (unpaired) electrons. The lowest BCUT2D eigenvalue weighted by Gasteiger charge is -2.29.